The topological polar surface area (TPSA) is 55.1 Å². The Balaban J connectivity index is 2.48. The minimum absolute atomic E-state index is 0.153. The third kappa shape index (κ3) is 1.61. The number of fused-ring (bicyclic) bond motifs is 1. The number of carbonyl (C=O) groups is 1. The Labute approximate surface area is 87.5 Å². The number of nitrogens with one attached hydrogen (secondary N) is 1. The number of anilines is 1. The Morgan fingerprint density at radius 2 is 2.27 bits per heavy atom. The second-order valence-electron chi connectivity index (χ2n) is 3.83. The van der Waals surface area contributed by atoms with Crippen molar-refractivity contribution in [1.29, 1.82) is 0 Å². The van der Waals surface area contributed by atoms with Crippen LogP contribution in [0.4, 0.5) is 10.1 Å². The fourth-order valence-corrected chi connectivity index (χ4v) is 1.98. The number of nitrogens with two attached hydrogens (primary N) is 1. The van der Waals surface area contributed by atoms with Gasteiger partial charge in [0.1, 0.15) is 5.82 Å². The second-order valence-corrected chi connectivity index (χ2v) is 3.83. The van der Waals surface area contributed by atoms with Crippen LogP contribution in [0.1, 0.15) is 23.5 Å². The van der Waals surface area contributed by atoms with Crippen molar-refractivity contribution < 1.29 is 9.18 Å². The fourth-order valence-electron chi connectivity index (χ4n) is 1.98. The average molecular weight is 208 g/mol. The van der Waals surface area contributed by atoms with Crippen LogP contribution in [0, 0.1) is 12.7 Å². The maximum absolute atomic E-state index is 13.5. The molecule has 1 unspecified atom stereocenters. The summed E-state index contributed by atoms with van der Waals surface area (Å²) >= 11 is 0. The lowest BCUT2D eigenvalue weighted by Gasteiger charge is -2.07. The van der Waals surface area contributed by atoms with Gasteiger partial charge < -0.3 is 11.1 Å². The average Bonchev–Trinajstić information content (AvgIpc) is 2.46. The van der Waals surface area contributed by atoms with Gasteiger partial charge in [-0.1, -0.05) is 6.07 Å². The first-order valence-corrected chi connectivity index (χ1v) is 4.94. The van der Waals surface area contributed by atoms with Gasteiger partial charge in [-0.15, -0.1) is 0 Å². The number of halogens is 1. The number of carbonyl (C=O) groups excluding carboxylic acids is 1. The van der Waals surface area contributed by atoms with E-state index in [0.29, 0.717) is 18.7 Å². The van der Waals surface area contributed by atoms with Crippen molar-refractivity contribution in [2.75, 3.05) is 11.9 Å². The van der Waals surface area contributed by atoms with Crippen molar-refractivity contribution in [1.82, 2.24) is 0 Å². The summed E-state index contributed by atoms with van der Waals surface area (Å²) in [5.74, 6) is -0.808. The second kappa shape index (κ2) is 3.62. The highest BCUT2D eigenvalue weighted by Crippen LogP contribution is 2.36. The summed E-state index contributed by atoms with van der Waals surface area (Å²) in [6, 6.07) is 3.26. The van der Waals surface area contributed by atoms with Gasteiger partial charge in [0.15, 0.2) is 0 Å². The number of hydrogen-bond donors (Lipinski definition) is 2. The van der Waals surface area contributed by atoms with Gasteiger partial charge in [0.25, 0.3) is 0 Å². The van der Waals surface area contributed by atoms with Crippen LogP contribution >= 0.6 is 0 Å². The molecule has 0 aromatic heterocycles. The third-order valence-electron chi connectivity index (χ3n) is 2.66. The van der Waals surface area contributed by atoms with Crippen molar-refractivity contribution >= 4 is 11.6 Å². The van der Waals surface area contributed by atoms with Gasteiger partial charge in [-0.25, -0.2) is 4.39 Å². The standard InChI is InChI=1S/C11H13FN2O/c1-6-4-8-7(2-3-13)11(15)14-10(8)9(12)5-6/h4-5,7H,2-3,13H2,1H3,(H,14,15). The van der Waals surface area contributed by atoms with Gasteiger partial charge in [-0.2, -0.15) is 0 Å². The van der Waals surface area contributed by atoms with Crippen molar-refractivity contribution in [3.05, 3.63) is 29.1 Å². The van der Waals surface area contributed by atoms with E-state index in [0.717, 1.165) is 11.1 Å². The van der Waals surface area contributed by atoms with E-state index in [1.165, 1.54) is 6.07 Å². The fraction of sp³-hybridized carbons (Fsp3) is 0.364. The molecule has 1 atom stereocenters. The summed E-state index contributed by atoms with van der Waals surface area (Å²) in [4.78, 5) is 11.6. The first kappa shape index (κ1) is 10.1. The molecular weight excluding hydrogens is 195 g/mol. The number of rotatable bonds is 2. The predicted octanol–water partition coefficient (Wildman–Crippen LogP) is 1.52. The lowest BCUT2D eigenvalue weighted by Crippen LogP contribution is -2.15. The molecule has 4 heteroatoms. The first-order valence-electron chi connectivity index (χ1n) is 4.94. The Morgan fingerprint density at radius 1 is 1.53 bits per heavy atom. The van der Waals surface area contributed by atoms with Crippen LogP contribution in [0.15, 0.2) is 12.1 Å². The normalized spacial score (nSPS) is 18.9. The smallest absolute Gasteiger partial charge is 0.232 e. The highest BCUT2D eigenvalue weighted by atomic mass is 19.1. The van der Waals surface area contributed by atoms with Crippen molar-refractivity contribution in [3.63, 3.8) is 0 Å². The molecule has 0 saturated heterocycles. The van der Waals surface area contributed by atoms with Gasteiger partial charge >= 0.3 is 0 Å². The lowest BCUT2D eigenvalue weighted by molar-refractivity contribution is -0.117. The summed E-state index contributed by atoms with van der Waals surface area (Å²) < 4.78 is 13.5. The van der Waals surface area contributed by atoms with Gasteiger partial charge in [-0.3, -0.25) is 4.79 Å². The van der Waals surface area contributed by atoms with E-state index in [1.807, 2.05) is 13.0 Å². The van der Waals surface area contributed by atoms with Crippen molar-refractivity contribution in [2.45, 2.75) is 19.3 Å². The van der Waals surface area contributed by atoms with E-state index < -0.39 is 0 Å². The molecule has 1 heterocycles. The molecular formula is C11H13FN2O. The van der Waals surface area contributed by atoms with Gasteiger partial charge in [0.2, 0.25) is 5.91 Å². The number of benzene rings is 1. The van der Waals surface area contributed by atoms with Gasteiger partial charge in [0.05, 0.1) is 11.6 Å². The maximum Gasteiger partial charge on any atom is 0.232 e. The molecule has 1 amide bonds. The Hall–Kier alpha value is -1.42. The van der Waals surface area contributed by atoms with Crippen molar-refractivity contribution in [3.8, 4) is 0 Å². The van der Waals surface area contributed by atoms with Crippen LogP contribution in [0.2, 0.25) is 0 Å². The molecule has 0 aliphatic carbocycles. The number of amides is 1. The van der Waals surface area contributed by atoms with Crippen LogP contribution < -0.4 is 11.1 Å². The number of hydrogen-bond acceptors (Lipinski definition) is 2. The quantitative estimate of drug-likeness (QED) is 0.774. The molecule has 3 nitrogen and oxygen atoms in total. The SMILES string of the molecule is Cc1cc(F)c2c(c1)C(CCN)C(=O)N2. The molecule has 0 bridgehead atoms. The zero-order valence-electron chi connectivity index (χ0n) is 8.51. The molecule has 1 aromatic rings. The lowest BCUT2D eigenvalue weighted by atomic mass is 9.96. The van der Waals surface area contributed by atoms with Gasteiger partial charge in [-0.05, 0) is 37.1 Å². The molecule has 0 fully saturated rings. The monoisotopic (exact) mass is 208 g/mol. The van der Waals surface area contributed by atoms with E-state index in [1.54, 1.807) is 0 Å². The third-order valence-corrected chi connectivity index (χ3v) is 2.66. The van der Waals surface area contributed by atoms with Crippen LogP contribution in [0.3, 0.4) is 0 Å². The molecule has 1 aliphatic rings. The summed E-state index contributed by atoms with van der Waals surface area (Å²) in [6.07, 6.45) is 0.557. The Morgan fingerprint density at radius 3 is 2.93 bits per heavy atom. The van der Waals surface area contributed by atoms with E-state index in [4.69, 9.17) is 5.73 Å². The largest absolute Gasteiger partial charge is 0.330 e. The van der Waals surface area contributed by atoms with Crippen LogP contribution in [0.25, 0.3) is 0 Å². The summed E-state index contributed by atoms with van der Waals surface area (Å²) in [7, 11) is 0. The van der Waals surface area contributed by atoms with Gasteiger partial charge in [0, 0.05) is 0 Å². The highest BCUT2D eigenvalue weighted by molar-refractivity contribution is 6.03. The van der Waals surface area contributed by atoms with E-state index >= 15 is 0 Å². The van der Waals surface area contributed by atoms with E-state index in [2.05, 4.69) is 5.32 Å². The molecule has 2 rings (SSSR count). The highest BCUT2D eigenvalue weighted by Gasteiger charge is 2.31. The molecule has 1 aromatic carbocycles. The molecule has 0 saturated carbocycles. The van der Waals surface area contributed by atoms with Crippen LogP contribution in [-0.4, -0.2) is 12.5 Å². The molecule has 3 N–H and O–H groups in total. The predicted molar refractivity (Wildman–Crippen MR) is 56.2 cm³/mol. The zero-order valence-corrected chi connectivity index (χ0v) is 8.51. The van der Waals surface area contributed by atoms with E-state index in [9.17, 15) is 9.18 Å². The summed E-state index contributed by atoms with van der Waals surface area (Å²) in [5, 5.41) is 2.56. The van der Waals surface area contributed by atoms with Crippen LogP contribution in [-0.2, 0) is 4.79 Å². The molecule has 80 valence electrons. The molecule has 0 radical (unpaired) electrons. The Kier molecular flexibility index (Phi) is 2.44. The maximum atomic E-state index is 13.5. The molecule has 15 heavy (non-hydrogen) atoms. The number of aryl methyl sites for hydroxylation is 1. The molecule has 1 aliphatic heterocycles. The minimum Gasteiger partial charge on any atom is -0.330 e. The summed E-state index contributed by atoms with van der Waals surface area (Å²) in [6.45, 7) is 2.23. The van der Waals surface area contributed by atoms with Crippen LogP contribution in [0.5, 0.6) is 0 Å². The molecule has 0 spiro atoms. The first-order chi connectivity index (χ1) is 7.13. The van der Waals surface area contributed by atoms with Crippen molar-refractivity contribution in [2.24, 2.45) is 5.73 Å². The van der Waals surface area contributed by atoms with E-state index in [-0.39, 0.29) is 17.6 Å². The summed E-state index contributed by atoms with van der Waals surface area (Å²) in [5.41, 5.74) is 7.32. The Bertz CT molecular complexity index is 417. The zero-order chi connectivity index (χ0) is 11.0. The minimum atomic E-state index is -0.363.